The maximum atomic E-state index is 12.3. The van der Waals surface area contributed by atoms with E-state index < -0.39 is 0 Å². The lowest BCUT2D eigenvalue weighted by Crippen LogP contribution is -2.54. The lowest BCUT2D eigenvalue weighted by molar-refractivity contribution is -0.150. The summed E-state index contributed by atoms with van der Waals surface area (Å²) in [6.45, 7) is 6.47. The topological polar surface area (TPSA) is 64.8 Å². The zero-order valence-corrected chi connectivity index (χ0v) is 10.6. The third-order valence-electron chi connectivity index (χ3n) is 3.62. The highest BCUT2D eigenvalue weighted by molar-refractivity contribution is 5.81. The number of hydrogen-bond donors (Lipinski definition) is 1. The van der Waals surface area contributed by atoms with Gasteiger partial charge in [0.15, 0.2) is 0 Å². The highest BCUT2D eigenvalue weighted by Crippen LogP contribution is 2.23. The Labute approximate surface area is 102 Å². The van der Waals surface area contributed by atoms with E-state index in [0.717, 1.165) is 6.42 Å². The van der Waals surface area contributed by atoms with Crippen molar-refractivity contribution in [3.8, 4) is 0 Å². The number of nitrogens with zero attached hydrogens (tertiary/aromatic N) is 1. The van der Waals surface area contributed by atoms with Crippen LogP contribution in [0.4, 0.5) is 0 Å². The molecule has 4 atom stereocenters. The summed E-state index contributed by atoms with van der Waals surface area (Å²) in [6.07, 6.45) is 0.656. The van der Waals surface area contributed by atoms with Crippen molar-refractivity contribution >= 4 is 5.91 Å². The fourth-order valence-corrected chi connectivity index (χ4v) is 2.38. The first-order valence-corrected chi connectivity index (χ1v) is 6.37. The van der Waals surface area contributed by atoms with Crippen LogP contribution in [0.3, 0.4) is 0 Å². The molecule has 2 aliphatic rings. The Morgan fingerprint density at radius 3 is 2.76 bits per heavy atom. The van der Waals surface area contributed by atoms with Crippen LogP contribution < -0.4 is 5.73 Å². The summed E-state index contributed by atoms with van der Waals surface area (Å²) < 4.78 is 11.1. The summed E-state index contributed by atoms with van der Waals surface area (Å²) >= 11 is 0. The molecule has 98 valence electrons. The van der Waals surface area contributed by atoms with E-state index in [1.165, 1.54) is 0 Å². The second-order valence-corrected chi connectivity index (χ2v) is 5.11. The molecule has 0 saturated carbocycles. The van der Waals surface area contributed by atoms with Gasteiger partial charge in [-0.15, -0.1) is 0 Å². The van der Waals surface area contributed by atoms with Gasteiger partial charge in [-0.3, -0.25) is 4.79 Å². The molecule has 0 aromatic carbocycles. The van der Waals surface area contributed by atoms with Crippen LogP contribution in [0.1, 0.15) is 20.3 Å². The predicted molar refractivity (Wildman–Crippen MR) is 63.5 cm³/mol. The van der Waals surface area contributed by atoms with Gasteiger partial charge in [-0.2, -0.15) is 0 Å². The third-order valence-corrected chi connectivity index (χ3v) is 3.62. The van der Waals surface area contributed by atoms with Gasteiger partial charge in [0.1, 0.15) is 6.10 Å². The number of nitrogens with two attached hydrogens (primary N) is 1. The maximum Gasteiger partial charge on any atom is 0.252 e. The number of ether oxygens (including phenoxy) is 2. The SMILES string of the molecule is CC(N)C1CN(C(=O)C2OCCC2C)CCO1. The molecular formula is C12H22N2O3. The summed E-state index contributed by atoms with van der Waals surface area (Å²) in [5.74, 6) is 0.419. The Morgan fingerprint density at radius 2 is 2.18 bits per heavy atom. The maximum absolute atomic E-state index is 12.3. The van der Waals surface area contributed by atoms with E-state index in [-0.39, 0.29) is 24.2 Å². The lowest BCUT2D eigenvalue weighted by Gasteiger charge is -2.36. The Bertz CT molecular complexity index is 283. The number of amides is 1. The van der Waals surface area contributed by atoms with E-state index in [0.29, 0.717) is 32.2 Å². The average molecular weight is 242 g/mol. The van der Waals surface area contributed by atoms with Crippen molar-refractivity contribution < 1.29 is 14.3 Å². The monoisotopic (exact) mass is 242 g/mol. The highest BCUT2D eigenvalue weighted by atomic mass is 16.5. The molecule has 0 spiro atoms. The zero-order chi connectivity index (χ0) is 12.4. The number of carbonyl (C=O) groups is 1. The van der Waals surface area contributed by atoms with E-state index in [9.17, 15) is 4.79 Å². The van der Waals surface area contributed by atoms with E-state index in [1.807, 2.05) is 11.8 Å². The van der Waals surface area contributed by atoms with Crippen LogP contribution >= 0.6 is 0 Å². The molecule has 0 aliphatic carbocycles. The van der Waals surface area contributed by atoms with Gasteiger partial charge in [-0.1, -0.05) is 6.92 Å². The first kappa shape index (κ1) is 12.8. The minimum atomic E-state index is -0.262. The molecule has 2 rings (SSSR count). The van der Waals surface area contributed by atoms with Crippen LogP contribution in [-0.2, 0) is 14.3 Å². The first-order chi connectivity index (χ1) is 8.09. The minimum Gasteiger partial charge on any atom is -0.373 e. The average Bonchev–Trinajstić information content (AvgIpc) is 2.74. The molecule has 2 fully saturated rings. The van der Waals surface area contributed by atoms with Gasteiger partial charge in [0.05, 0.1) is 12.7 Å². The minimum absolute atomic E-state index is 0.0486. The third kappa shape index (κ3) is 2.78. The first-order valence-electron chi connectivity index (χ1n) is 6.37. The van der Waals surface area contributed by atoms with Gasteiger partial charge in [0, 0.05) is 25.7 Å². The summed E-state index contributed by atoms with van der Waals surface area (Å²) in [7, 11) is 0. The number of morpholine rings is 1. The molecule has 5 heteroatoms. The number of hydrogen-bond acceptors (Lipinski definition) is 4. The van der Waals surface area contributed by atoms with E-state index in [1.54, 1.807) is 0 Å². The van der Waals surface area contributed by atoms with Crippen molar-refractivity contribution in [2.45, 2.75) is 38.5 Å². The van der Waals surface area contributed by atoms with E-state index in [4.69, 9.17) is 15.2 Å². The van der Waals surface area contributed by atoms with E-state index >= 15 is 0 Å². The van der Waals surface area contributed by atoms with Crippen LogP contribution in [0.5, 0.6) is 0 Å². The quantitative estimate of drug-likeness (QED) is 0.739. The molecule has 2 aliphatic heterocycles. The van der Waals surface area contributed by atoms with Crippen molar-refractivity contribution in [2.75, 3.05) is 26.3 Å². The van der Waals surface area contributed by atoms with Crippen LogP contribution in [0.25, 0.3) is 0 Å². The molecule has 1 amide bonds. The molecular weight excluding hydrogens is 220 g/mol. The molecule has 2 saturated heterocycles. The largest absolute Gasteiger partial charge is 0.373 e. The van der Waals surface area contributed by atoms with Gasteiger partial charge < -0.3 is 20.1 Å². The van der Waals surface area contributed by atoms with Crippen LogP contribution in [0, 0.1) is 5.92 Å². The fourth-order valence-electron chi connectivity index (χ4n) is 2.38. The van der Waals surface area contributed by atoms with Crippen molar-refractivity contribution in [1.82, 2.24) is 4.90 Å². The van der Waals surface area contributed by atoms with Gasteiger partial charge in [-0.05, 0) is 19.3 Å². The summed E-state index contributed by atoms with van der Waals surface area (Å²) in [4.78, 5) is 14.1. The summed E-state index contributed by atoms with van der Waals surface area (Å²) in [6, 6.07) is -0.0486. The van der Waals surface area contributed by atoms with Crippen LogP contribution in [0.15, 0.2) is 0 Å². The second kappa shape index (κ2) is 5.33. The molecule has 0 aromatic rings. The number of rotatable bonds is 2. The normalized spacial score (nSPS) is 35.9. The van der Waals surface area contributed by atoms with Crippen molar-refractivity contribution in [2.24, 2.45) is 11.7 Å². The smallest absolute Gasteiger partial charge is 0.252 e. The van der Waals surface area contributed by atoms with Gasteiger partial charge in [-0.25, -0.2) is 0 Å². The van der Waals surface area contributed by atoms with Gasteiger partial charge in [0.2, 0.25) is 0 Å². The van der Waals surface area contributed by atoms with Crippen molar-refractivity contribution in [1.29, 1.82) is 0 Å². The predicted octanol–water partition coefficient (Wildman–Crippen LogP) is -0.0140. The Morgan fingerprint density at radius 1 is 1.41 bits per heavy atom. The molecule has 0 aromatic heterocycles. The van der Waals surface area contributed by atoms with Gasteiger partial charge in [0.25, 0.3) is 5.91 Å². The zero-order valence-electron chi connectivity index (χ0n) is 10.6. The molecule has 5 nitrogen and oxygen atoms in total. The Hall–Kier alpha value is -0.650. The molecule has 2 N–H and O–H groups in total. The van der Waals surface area contributed by atoms with Crippen molar-refractivity contribution in [3.05, 3.63) is 0 Å². The highest BCUT2D eigenvalue weighted by Gasteiger charge is 2.36. The number of carbonyl (C=O) groups excluding carboxylic acids is 1. The van der Waals surface area contributed by atoms with Crippen molar-refractivity contribution in [3.63, 3.8) is 0 Å². The Kier molecular flexibility index (Phi) is 4.01. The molecule has 0 bridgehead atoms. The van der Waals surface area contributed by atoms with E-state index in [2.05, 4.69) is 6.92 Å². The Balaban J connectivity index is 1.94. The standard InChI is InChI=1S/C12H22N2O3/c1-8-3-5-17-11(8)12(15)14-4-6-16-10(7-14)9(2)13/h8-11H,3-7,13H2,1-2H3. The van der Waals surface area contributed by atoms with Crippen LogP contribution in [0.2, 0.25) is 0 Å². The fraction of sp³-hybridized carbons (Fsp3) is 0.917. The molecule has 4 unspecified atom stereocenters. The molecule has 17 heavy (non-hydrogen) atoms. The lowest BCUT2D eigenvalue weighted by atomic mass is 10.0. The summed E-state index contributed by atoms with van der Waals surface area (Å²) in [5, 5.41) is 0. The molecule has 2 heterocycles. The summed E-state index contributed by atoms with van der Waals surface area (Å²) in [5.41, 5.74) is 5.82. The second-order valence-electron chi connectivity index (χ2n) is 5.11. The van der Waals surface area contributed by atoms with Crippen LogP contribution in [-0.4, -0.2) is 55.4 Å². The van der Waals surface area contributed by atoms with Gasteiger partial charge >= 0.3 is 0 Å². The molecule has 0 radical (unpaired) electrons.